The van der Waals surface area contributed by atoms with Gasteiger partial charge in [-0.2, -0.15) is 39.9 Å². The fourth-order valence-corrected chi connectivity index (χ4v) is 13.1. The number of aromatic amines is 8. The van der Waals surface area contributed by atoms with Crippen LogP contribution in [-0.4, -0.2) is 195 Å². The standard InChI is InChI=1S/C13H17Cl2N5.2C12H15Cl2N5.2C11H13Cl2N5.C10H11Cl2N5.C9H10ClN5.C8H8ClN5/c1-8(2)17-13-18-12(19-20-13)16-6-5-9-3-4-10(14)11(15)7-9;1-7(2)16-12-17-11(18-19-12)15-6-8-3-4-9(13)10(14)5-8;1-19(2)12-16-11(17-18-12)15-6-5-8-3-4-9(13)10(14)7-8;1-18(2)11-15-10(16-17-11)14-6-7-3-4-8(12)9(13)5-7;1-6(2)14-10-16-11(18-17-10)15-7-3-4-8(12)9(13)5-7;1-17(2)10-14-9(15-16-10)13-6-3-4-7(11)8(12)5-6;10-7-4-2-1-3-6(7)5-12-9-13-8(11)14-15-9;9-5-3-1-2-4-6(5)11-8-12-7(10)13-14-8/h3-4,7-8H,5-6H2,1-2H3,(H3,16,17,18,19,20);3-5,7H,6H2,1-2H3,(H3,15,16,17,18,19);3-4,7H,5-6H2,1-2H3,(H2,15,16,17,18);3-5H,6H2,1-2H3,(H2,14,15,16,17);3-6H,1-2H3,(H3,14,15,16,17,18);3-5H,1-2H3,(H2,13,14,15,16);1-4H,5H2,(H4,11,12,13,14,15);1-4H,(H4,10,11,12,13,14). The predicted molar refractivity (Wildman–Crippen MR) is 577 cm³/mol. The summed E-state index contributed by atoms with van der Waals surface area (Å²) in [6, 6.07) is 48.6. The molecule has 0 saturated heterocycles. The van der Waals surface area contributed by atoms with Gasteiger partial charge in [-0.15, -0.1) is 40.8 Å². The van der Waals surface area contributed by atoms with Crippen molar-refractivity contribution in [3.8, 4) is 0 Å². The molecule has 54 heteroatoms. The Morgan fingerprint density at radius 1 is 0.271 bits per heavy atom. The monoisotopic (exact) mass is 2180 g/mol. The van der Waals surface area contributed by atoms with Crippen LogP contribution in [0.1, 0.15) is 69.4 Å². The van der Waals surface area contributed by atoms with Crippen LogP contribution in [0.3, 0.4) is 0 Å². The first-order valence-electron chi connectivity index (χ1n) is 42.2. The van der Waals surface area contributed by atoms with Gasteiger partial charge >= 0.3 is 0 Å². The molecule has 0 radical (unpaired) electrons. The van der Waals surface area contributed by atoms with Gasteiger partial charge in [0, 0.05) is 110 Å². The zero-order chi connectivity index (χ0) is 101. The summed E-state index contributed by atoms with van der Waals surface area (Å²) in [5.41, 5.74) is 18.3. The second-order valence-electron chi connectivity index (χ2n) is 30.8. The lowest BCUT2D eigenvalue weighted by molar-refractivity contribution is 0.876. The Labute approximate surface area is 877 Å². The Morgan fingerprint density at radius 2 is 0.607 bits per heavy atom. The molecule has 0 saturated carbocycles. The number of nitrogens with two attached hydrogens (primary N) is 2. The average molecular weight is 2190 g/mol. The number of hydrogen-bond donors (Lipinski definition) is 21. The highest BCUT2D eigenvalue weighted by Gasteiger charge is 2.15. The van der Waals surface area contributed by atoms with Crippen molar-refractivity contribution >= 4 is 275 Å². The summed E-state index contributed by atoms with van der Waals surface area (Å²) in [4.78, 5) is 38.8. The highest BCUT2D eigenvalue weighted by atomic mass is 35.5. The third-order valence-electron chi connectivity index (χ3n) is 17.5. The molecule has 16 rings (SSSR count). The number of halogens is 14. The van der Waals surface area contributed by atoms with E-state index in [9.17, 15) is 0 Å². The van der Waals surface area contributed by atoms with E-state index in [0.717, 1.165) is 70.8 Å². The molecule has 0 bridgehead atoms. The van der Waals surface area contributed by atoms with Crippen molar-refractivity contribution in [2.24, 2.45) is 0 Å². The minimum atomic E-state index is 0.263. The first-order chi connectivity index (χ1) is 66.8. The van der Waals surface area contributed by atoms with Crippen molar-refractivity contribution < 1.29 is 0 Å². The second kappa shape index (κ2) is 56.9. The van der Waals surface area contributed by atoms with Crippen LogP contribution < -0.4 is 84.7 Å². The number of nitrogens with zero attached hydrogens (tertiary/aromatic N) is 19. The van der Waals surface area contributed by atoms with Crippen LogP contribution in [0.15, 0.2) is 158 Å². The summed E-state index contributed by atoms with van der Waals surface area (Å²) >= 11 is 82.7. The van der Waals surface area contributed by atoms with E-state index in [0.29, 0.717) is 185 Å². The maximum atomic E-state index is 5.98. The van der Waals surface area contributed by atoms with Gasteiger partial charge in [0.2, 0.25) is 95.2 Å². The van der Waals surface area contributed by atoms with Crippen LogP contribution in [0.2, 0.25) is 70.3 Å². The zero-order valence-electron chi connectivity index (χ0n) is 77.1. The number of anilines is 19. The lowest BCUT2D eigenvalue weighted by atomic mass is 10.1. The van der Waals surface area contributed by atoms with E-state index < -0.39 is 0 Å². The Bertz CT molecular complexity index is 6450. The van der Waals surface area contributed by atoms with Gasteiger partial charge in [-0.05, 0) is 185 Å². The van der Waals surface area contributed by atoms with Gasteiger partial charge < -0.3 is 84.7 Å². The summed E-state index contributed by atoms with van der Waals surface area (Å²) in [5.74, 6) is 8.63. The molecule has 16 aromatic rings. The lowest BCUT2D eigenvalue weighted by Crippen LogP contribution is -2.11. The number of nitrogen functional groups attached to an aromatic ring is 2. The van der Waals surface area contributed by atoms with Gasteiger partial charge in [-0.3, -0.25) is 0 Å². The first kappa shape index (κ1) is 111. The molecule has 140 heavy (non-hydrogen) atoms. The zero-order valence-corrected chi connectivity index (χ0v) is 87.7. The number of benzene rings is 8. The molecular weight excluding hydrogens is 2090 g/mol. The number of H-pyrrole nitrogens is 8. The third-order valence-corrected chi connectivity index (χ3v) is 22.6. The number of aromatic nitrogens is 24. The molecule has 23 N–H and O–H groups in total. The third kappa shape index (κ3) is 39.4. The maximum Gasteiger partial charge on any atom is 0.248 e. The van der Waals surface area contributed by atoms with Crippen LogP contribution in [0, 0.1) is 0 Å². The number of hydrogen-bond acceptors (Lipinski definition) is 32. The van der Waals surface area contributed by atoms with Crippen molar-refractivity contribution in [2.75, 3.05) is 140 Å². The largest absolute Gasteiger partial charge is 0.368 e. The molecular formula is C86H102Cl14N40. The fourth-order valence-electron chi connectivity index (χ4n) is 10.9. The molecule has 0 fully saturated rings. The van der Waals surface area contributed by atoms with Crippen LogP contribution >= 0.6 is 162 Å². The number of nitrogens with one attached hydrogen (secondary N) is 19. The van der Waals surface area contributed by atoms with Crippen LogP contribution in [0.4, 0.5) is 112 Å². The molecule has 744 valence electrons. The van der Waals surface area contributed by atoms with Gasteiger partial charge in [-0.25, -0.2) is 40.8 Å². The highest BCUT2D eigenvalue weighted by molar-refractivity contribution is 6.44. The molecule has 8 heterocycles. The van der Waals surface area contributed by atoms with E-state index in [1.807, 2.05) is 197 Å². The van der Waals surface area contributed by atoms with Crippen molar-refractivity contribution in [2.45, 2.75) is 92.1 Å². The van der Waals surface area contributed by atoms with E-state index in [1.165, 1.54) is 0 Å². The van der Waals surface area contributed by atoms with Crippen molar-refractivity contribution in [3.63, 3.8) is 0 Å². The van der Waals surface area contributed by atoms with E-state index in [2.05, 4.69) is 180 Å². The molecule has 8 aromatic heterocycles. The fraction of sp³-hybridized carbons (Fsp3) is 0.256. The average Bonchev–Trinajstić information content (AvgIpc) is 1.70. The molecule has 0 spiro atoms. The maximum absolute atomic E-state index is 5.98. The summed E-state index contributed by atoms with van der Waals surface area (Å²) in [7, 11) is 11.3. The quantitative estimate of drug-likeness (QED) is 0.0186. The minimum absolute atomic E-state index is 0.263. The first-order valence-corrected chi connectivity index (χ1v) is 47.5. The molecule has 40 nitrogen and oxygen atoms in total. The lowest BCUT2D eigenvalue weighted by Gasteiger charge is -2.05. The van der Waals surface area contributed by atoms with E-state index in [4.69, 9.17) is 174 Å². The van der Waals surface area contributed by atoms with Crippen LogP contribution in [0.25, 0.3) is 0 Å². The van der Waals surface area contributed by atoms with Crippen LogP contribution in [0.5, 0.6) is 0 Å². The molecule has 0 aliphatic heterocycles. The normalized spacial score (nSPS) is 10.5. The summed E-state index contributed by atoms with van der Waals surface area (Å²) in [6.07, 6.45) is 1.65. The minimum Gasteiger partial charge on any atom is -0.368 e. The van der Waals surface area contributed by atoms with Crippen molar-refractivity contribution in [3.05, 3.63) is 256 Å². The van der Waals surface area contributed by atoms with Crippen molar-refractivity contribution in [1.29, 1.82) is 0 Å². The molecule has 0 unspecified atom stereocenters. The summed E-state index contributed by atoms with van der Waals surface area (Å²) in [6.45, 7) is 15.4. The Kier molecular flexibility index (Phi) is 45.2. The van der Waals surface area contributed by atoms with Gasteiger partial charge in [0.15, 0.2) is 0 Å². The Hall–Kier alpha value is -12.3. The van der Waals surface area contributed by atoms with E-state index >= 15 is 0 Å². The summed E-state index contributed by atoms with van der Waals surface area (Å²) in [5, 5.41) is 95.6. The molecule has 0 aliphatic carbocycles. The SMILES string of the molecule is CC(C)Nc1n[nH]c(Nc2ccc(Cl)c(Cl)c2)n1.CC(C)Nc1nc(NCCc2ccc(Cl)c(Cl)c2)n[nH]1.CC(C)Nc1nc(NCc2ccc(Cl)c(Cl)c2)n[nH]1.CN(C)c1n[nH]c(NCCc2ccc(Cl)c(Cl)c2)n1.CN(C)c1n[nH]c(NCc2ccc(Cl)c(Cl)c2)n1.CN(C)c1n[nH]c(Nc2ccc(Cl)c(Cl)c2)n1.Nc1nc(NCc2ccccc2Cl)n[nH]1.Nc1nc(Nc2ccccc2Cl)n[nH]1. The Balaban J connectivity index is 0.000000179. The molecule has 0 aliphatic rings. The van der Waals surface area contributed by atoms with E-state index in [1.54, 1.807) is 59.5 Å². The number of para-hydroxylation sites is 1. The number of rotatable bonds is 32. The smallest absolute Gasteiger partial charge is 0.248 e. The van der Waals surface area contributed by atoms with Gasteiger partial charge in [0.25, 0.3) is 0 Å². The molecule has 8 aromatic carbocycles. The topological polar surface area (TPSA) is 527 Å². The van der Waals surface area contributed by atoms with Crippen molar-refractivity contribution in [1.82, 2.24) is 121 Å². The Morgan fingerprint density at radius 3 is 1.04 bits per heavy atom. The van der Waals surface area contributed by atoms with Gasteiger partial charge in [0.1, 0.15) is 0 Å². The van der Waals surface area contributed by atoms with E-state index in [-0.39, 0.29) is 17.9 Å². The molecule has 0 amide bonds. The summed E-state index contributed by atoms with van der Waals surface area (Å²) < 4.78 is 0. The second-order valence-corrected chi connectivity index (χ2v) is 36.5. The van der Waals surface area contributed by atoms with Crippen LogP contribution in [-0.2, 0) is 32.5 Å². The molecule has 0 atom stereocenters. The van der Waals surface area contributed by atoms with Gasteiger partial charge in [-0.1, -0.05) is 217 Å². The van der Waals surface area contributed by atoms with Gasteiger partial charge in [0.05, 0.1) is 71.0 Å². The predicted octanol–water partition coefficient (Wildman–Crippen LogP) is 22.8. The highest BCUT2D eigenvalue weighted by Crippen LogP contribution is 2.32.